The van der Waals surface area contributed by atoms with Gasteiger partial charge in [-0.1, -0.05) is 6.42 Å². The fraction of sp³-hybridized carbons (Fsp3) is 0.917. The molecule has 0 unspecified atom stereocenters. The molecule has 0 spiro atoms. The maximum Gasteiger partial charge on any atom is 0.315 e. The zero-order valence-corrected chi connectivity index (χ0v) is 12.6. The minimum absolute atomic E-state index is 0.00422. The first-order chi connectivity index (χ1) is 8.17. The second-order valence-electron chi connectivity index (χ2n) is 4.61. The molecule has 17 heavy (non-hydrogen) atoms. The van der Waals surface area contributed by atoms with E-state index in [1.165, 1.54) is 12.8 Å². The summed E-state index contributed by atoms with van der Waals surface area (Å²) in [7, 11) is 0. The van der Waals surface area contributed by atoms with E-state index in [-0.39, 0.29) is 12.1 Å². The summed E-state index contributed by atoms with van der Waals surface area (Å²) < 4.78 is 0. The Hall–Kier alpha value is -0.0300. The van der Waals surface area contributed by atoms with Crippen LogP contribution in [-0.2, 0) is 0 Å². The van der Waals surface area contributed by atoms with Crippen LogP contribution in [-0.4, -0.2) is 41.6 Å². The Kier molecular flexibility index (Phi) is 7.19. The predicted molar refractivity (Wildman–Crippen MR) is 79.1 cm³/mol. The standard InChI is InChI=1S/C12H24N2OS2/c1-9(7-8-16-2)13-12(15)14-10-5-4-6-11(10)17-3/h9-11H,4-8H2,1-3H3,(H2,13,14,15)/t9-,10-,11-/m0/s1. The fourth-order valence-electron chi connectivity index (χ4n) is 2.17. The van der Waals surface area contributed by atoms with Crippen LogP contribution >= 0.6 is 23.5 Å². The van der Waals surface area contributed by atoms with E-state index < -0.39 is 0 Å². The van der Waals surface area contributed by atoms with Crippen molar-refractivity contribution in [1.29, 1.82) is 0 Å². The van der Waals surface area contributed by atoms with Gasteiger partial charge in [-0.05, 0) is 44.5 Å². The number of hydrogen-bond acceptors (Lipinski definition) is 3. The molecule has 3 atom stereocenters. The first-order valence-electron chi connectivity index (χ1n) is 6.26. The van der Waals surface area contributed by atoms with Crippen LogP contribution in [0.3, 0.4) is 0 Å². The third-order valence-electron chi connectivity index (χ3n) is 3.20. The molecule has 0 saturated heterocycles. The number of nitrogens with one attached hydrogen (secondary N) is 2. The molecule has 0 aromatic heterocycles. The lowest BCUT2D eigenvalue weighted by molar-refractivity contribution is 0.234. The molecule has 2 amide bonds. The normalized spacial score (nSPS) is 25.6. The molecule has 3 nitrogen and oxygen atoms in total. The highest BCUT2D eigenvalue weighted by molar-refractivity contribution is 7.99. The molecular weight excluding hydrogens is 252 g/mol. The summed E-state index contributed by atoms with van der Waals surface area (Å²) in [5.41, 5.74) is 0. The van der Waals surface area contributed by atoms with Crippen LogP contribution in [0.15, 0.2) is 0 Å². The lowest BCUT2D eigenvalue weighted by Crippen LogP contribution is -2.47. The van der Waals surface area contributed by atoms with Gasteiger partial charge in [-0.25, -0.2) is 4.79 Å². The first-order valence-corrected chi connectivity index (χ1v) is 8.94. The zero-order valence-electron chi connectivity index (χ0n) is 11.0. The van der Waals surface area contributed by atoms with Gasteiger partial charge < -0.3 is 10.6 Å². The topological polar surface area (TPSA) is 41.1 Å². The van der Waals surface area contributed by atoms with Crippen LogP contribution in [0.1, 0.15) is 32.6 Å². The Morgan fingerprint density at radius 3 is 2.82 bits per heavy atom. The molecule has 0 aromatic carbocycles. The van der Waals surface area contributed by atoms with E-state index >= 15 is 0 Å². The van der Waals surface area contributed by atoms with E-state index in [0.29, 0.717) is 11.3 Å². The third-order valence-corrected chi connectivity index (χ3v) is 5.02. The van der Waals surface area contributed by atoms with Crippen LogP contribution in [0.4, 0.5) is 4.79 Å². The van der Waals surface area contributed by atoms with Gasteiger partial charge in [0.1, 0.15) is 0 Å². The predicted octanol–water partition coefficient (Wildman–Crippen LogP) is 2.71. The quantitative estimate of drug-likeness (QED) is 0.784. The van der Waals surface area contributed by atoms with Crippen molar-refractivity contribution >= 4 is 29.6 Å². The van der Waals surface area contributed by atoms with Crippen molar-refractivity contribution in [2.45, 2.75) is 49.9 Å². The molecule has 0 bridgehead atoms. The first kappa shape index (κ1) is 15.0. The average molecular weight is 276 g/mol. The number of rotatable bonds is 6. The summed E-state index contributed by atoms with van der Waals surface area (Å²) in [6.45, 7) is 2.07. The molecule has 1 saturated carbocycles. The van der Waals surface area contributed by atoms with Crippen molar-refractivity contribution in [2.75, 3.05) is 18.3 Å². The summed E-state index contributed by atoms with van der Waals surface area (Å²) in [5, 5.41) is 6.72. The molecule has 0 heterocycles. The van der Waals surface area contributed by atoms with Crippen LogP contribution in [0.5, 0.6) is 0 Å². The summed E-state index contributed by atoms with van der Waals surface area (Å²) in [6, 6.07) is 0.624. The van der Waals surface area contributed by atoms with Gasteiger partial charge in [0.25, 0.3) is 0 Å². The van der Waals surface area contributed by atoms with Crippen molar-refractivity contribution in [3.8, 4) is 0 Å². The van der Waals surface area contributed by atoms with Gasteiger partial charge in [0, 0.05) is 17.3 Å². The van der Waals surface area contributed by atoms with Crippen LogP contribution in [0.25, 0.3) is 0 Å². The number of thioether (sulfide) groups is 2. The van der Waals surface area contributed by atoms with E-state index in [0.717, 1.165) is 18.6 Å². The Morgan fingerprint density at radius 1 is 1.41 bits per heavy atom. The van der Waals surface area contributed by atoms with Crippen molar-refractivity contribution in [3.63, 3.8) is 0 Å². The molecule has 0 radical (unpaired) electrons. The smallest absolute Gasteiger partial charge is 0.315 e. The SMILES string of the molecule is CSCC[C@H](C)NC(=O)N[C@H]1CCC[C@@H]1SC. The molecular formula is C12H24N2OS2. The number of amides is 2. The molecule has 2 N–H and O–H groups in total. The highest BCUT2D eigenvalue weighted by atomic mass is 32.2. The largest absolute Gasteiger partial charge is 0.336 e. The lowest BCUT2D eigenvalue weighted by Gasteiger charge is -2.21. The van der Waals surface area contributed by atoms with Gasteiger partial charge in [-0.15, -0.1) is 0 Å². The number of hydrogen-bond donors (Lipinski definition) is 2. The Morgan fingerprint density at radius 2 is 2.18 bits per heavy atom. The highest BCUT2D eigenvalue weighted by Gasteiger charge is 2.27. The van der Waals surface area contributed by atoms with Crippen molar-refractivity contribution in [3.05, 3.63) is 0 Å². The van der Waals surface area contributed by atoms with Crippen molar-refractivity contribution in [1.82, 2.24) is 10.6 Å². The van der Waals surface area contributed by atoms with E-state index in [1.54, 1.807) is 0 Å². The minimum atomic E-state index is 0.00422. The third kappa shape index (κ3) is 5.42. The van der Waals surface area contributed by atoms with Gasteiger partial charge in [0.2, 0.25) is 0 Å². The van der Waals surface area contributed by atoms with Crippen molar-refractivity contribution < 1.29 is 4.79 Å². The number of carbonyl (C=O) groups excluding carboxylic acids is 1. The number of urea groups is 1. The average Bonchev–Trinajstić information content (AvgIpc) is 2.73. The van der Waals surface area contributed by atoms with Gasteiger partial charge in [0.15, 0.2) is 0 Å². The van der Waals surface area contributed by atoms with E-state index in [9.17, 15) is 4.79 Å². The van der Waals surface area contributed by atoms with Gasteiger partial charge in [0.05, 0.1) is 0 Å². The van der Waals surface area contributed by atoms with Gasteiger partial charge in [-0.3, -0.25) is 0 Å². The molecule has 1 aliphatic carbocycles. The summed E-state index contributed by atoms with van der Waals surface area (Å²) in [6.07, 6.45) is 8.84. The maximum absolute atomic E-state index is 11.8. The molecule has 100 valence electrons. The van der Waals surface area contributed by atoms with Gasteiger partial charge >= 0.3 is 6.03 Å². The Labute approximate surface area is 113 Å². The molecule has 0 aromatic rings. The number of carbonyl (C=O) groups is 1. The monoisotopic (exact) mass is 276 g/mol. The fourth-order valence-corrected chi connectivity index (χ4v) is 3.70. The van der Waals surface area contributed by atoms with E-state index in [1.807, 2.05) is 23.5 Å². The van der Waals surface area contributed by atoms with Gasteiger partial charge in [-0.2, -0.15) is 23.5 Å². The molecule has 1 fully saturated rings. The van der Waals surface area contributed by atoms with E-state index in [4.69, 9.17) is 0 Å². The Balaban J connectivity index is 2.24. The summed E-state index contributed by atoms with van der Waals surface area (Å²) in [5.74, 6) is 1.10. The zero-order chi connectivity index (χ0) is 12.7. The van der Waals surface area contributed by atoms with E-state index in [2.05, 4.69) is 30.1 Å². The van der Waals surface area contributed by atoms with Crippen molar-refractivity contribution in [2.24, 2.45) is 0 Å². The molecule has 0 aliphatic heterocycles. The Bertz CT molecular complexity index is 239. The second-order valence-corrected chi connectivity index (χ2v) is 6.67. The minimum Gasteiger partial charge on any atom is -0.336 e. The summed E-state index contributed by atoms with van der Waals surface area (Å²) >= 11 is 3.69. The molecule has 1 aliphatic rings. The molecule has 1 rings (SSSR count). The van der Waals surface area contributed by atoms with Crippen LogP contribution in [0.2, 0.25) is 0 Å². The van der Waals surface area contributed by atoms with Crippen LogP contribution < -0.4 is 10.6 Å². The lowest BCUT2D eigenvalue weighted by atomic mass is 10.2. The highest BCUT2D eigenvalue weighted by Crippen LogP contribution is 2.28. The van der Waals surface area contributed by atoms with Crippen LogP contribution in [0, 0.1) is 0 Å². The molecule has 5 heteroatoms. The maximum atomic E-state index is 11.8. The summed E-state index contributed by atoms with van der Waals surface area (Å²) in [4.78, 5) is 11.8. The second kappa shape index (κ2) is 8.14.